The third-order valence-corrected chi connectivity index (χ3v) is 3.87. The van der Waals surface area contributed by atoms with E-state index in [-0.39, 0.29) is 11.9 Å². The fourth-order valence-corrected chi connectivity index (χ4v) is 2.77. The van der Waals surface area contributed by atoms with Crippen LogP contribution in [0.15, 0.2) is 42.6 Å². The van der Waals surface area contributed by atoms with Crippen LogP contribution in [-0.2, 0) is 12.8 Å². The number of aryl methyl sites for hydroxylation is 1. The number of nitrogens with one attached hydrogen (secondary N) is 1. The normalized spacial score (nSPS) is 17.4. The average molecular weight is 287 g/mol. The SMILES string of the molecule is O=C(NC1CCc2ccccc2C1)c1cc(Cl)ccn1. The molecule has 1 aliphatic rings. The smallest absolute Gasteiger partial charge is 0.270 e. The Labute approximate surface area is 123 Å². The lowest BCUT2D eigenvalue weighted by Gasteiger charge is -2.25. The molecule has 0 saturated carbocycles. The van der Waals surface area contributed by atoms with Crippen LogP contribution in [0.2, 0.25) is 5.02 Å². The maximum absolute atomic E-state index is 12.1. The van der Waals surface area contributed by atoms with E-state index in [9.17, 15) is 4.79 Å². The summed E-state index contributed by atoms with van der Waals surface area (Å²) in [5, 5.41) is 3.57. The number of halogens is 1. The number of hydrogen-bond acceptors (Lipinski definition) is 2. The first-order chi connectivity index (χ1) is 9.72. The third kappa shape index (κ3) is 2.83. The van der Waals surface area contributed by atoms with Crippen molar-refractivity contribution >= 4 is 17.5 Å². The van der Waals surface area contributed by atoms with Crippen molar-refractivity contribution in [3.05, 3.63) is 64.4 Å². The first-order valence-corrected chi connectivity index (χ1v) is 7.09. The maximum atomic E-state index is 12.1. The van der Waals surface area contributed by atoms with Crippen LogP contribution >= 0.6 is 11.6 Å². The predicted octanol–water partition coefficient (Wildman–Crippen LogP) is 3.02. The van der Waals surface area contributed by atoms with Crippen molar-refractivity contribution in [2.45, 2.75) is 25.3 Å². The van der Waals surface area contributed by atoms with Crippen LogP contribution in [-0.4, -0.2) is 16.9 Å². The highest BCUT2D eigenvalue weighted by atomic mass is 35.5. The Bertz CT molecular complexity index is 642. The Balaban J connectivity index is 1.69. The number of benzene rings is 1. The molecule has 0 spiro atoms. The molecule has 1 atom stereocenters. The van der Waals surface area contributed by atoms with Crippen molar-refractivity contribution in [2.75, 3.05) is 0 Å². The maximum Gasteiger partial charge on any atom is 0.270 e. The first-order valence-electron chi connectivity index (χ1n) is 6.71. The molecule has 0 radical (unpaired) electrons. The van der Waals surface area contributed by atoms with Gasteiger partial charge >= 0.3 is 0 Å². The van der Waals surface area contributed by atoms with Crippen molar-refractivity contribution < 1.29 is 4.79 Å². The molecule has 0 saturated heterocycles. The molecular formula is C16H15ClN2O. The lowest BCUT2D eigenvalue weighted by molar-refractivity contribution is 0.0928. The summed E-state index contributed by atoms with van der Waals surface area (Å²) in [6.07, 6.45) is 4.39. The third-order valence-electron chi connectivity index (χ3n) is 3.64. The van der Waals surface area contributed by atoms with E-state index in [4.69, 9.17) is 11.6 Å². The number of pyridine rings is 1. The van der Waals surface area contributed by atoms with Crippen LogP contribution in [0.5, 0.6) is 0 Å². The fraction of sp³-hybridized carbons (Fsp3) is 0.250. The van der Waals surface area contributed by atoms with Gasteiger partial charge in [-0.2, -0.15) is 0 Å². The molecule has 20 heavy (non-hydrogen) atoms. The van der Waals surface area contributed by atoms with Gasteiger partial charge in [0, 0.05) is 17.3 Å². The quantitative estimate of drug-likeness (QED) is 0.922. The summed E-state index contributed by atoms with van der Waals surface area (Å²) in [4.78, 5) is 16.2. The Morgan fingerprint density at radius 2 is 2.05 bits per heavy atom. The Morgan fingerprint density at radius 3 is 2.85 bits per heavy atom. The van der Waals surface area contributed by atoms with Gasteiger partial charge in [0.15, 0.2) is 0 Å². The minimum atomic E-state index is -0.156. The van der Waals surface area contributed by atoms with E-state index in [2.05, 4.69) is 28.5 Å². The summed E-state index contributed by atoms with van der Waals surface area (Å²) in [6.45, 7) is 0. The Hall–Kier alpha value is -1.87. The van der Waals surface area contributed by atoms with Crippen LogP contribution in [0.25, 0.3) is 0 Å². The van der Waals surface area contributed by atoms with E-state index in [1.54, 1.807) is 18.3 Å². The van der Waals surface area contributed by atoms with Gasteiger partial charge in [-0.3, -0.25) is 9.78 Å². The second-order valence-electron chi connectivity index (χ2n) is 5.04. The molecule has 1 unspecified atom stereocenters. The predicted molar refractivity (Wildman–Crippen MR) is 79.0 cm³/mol. The number of rotatable bonds is 2. The molecule has 3 rings (SSSR count). The molecule has 1 aromatic carbocycles. The molecule has 0 bridgehead atoms. The number of nitrogens with zero attached hydrogens (tertiary/aromatic N) is 1. The minimum absolute atomic E-state index is 0.156. The molecule has 3 nitrogen and oxygen atoms in total. The van der Waals surface area contributed by atoms with E-state index in [1.807, 2.05) is 6.07 Å². The van der Waals surface area contributed by atoms with Crippen molar-refractivity contribution in [3.8, 4) is 0 Å². The number of hydrogen-bond donors (Lipinski definition) is 1. The number of carbonyl (C=O) groups excluding carboxylic acids is 1. The minimum Gasteiger partial charge on any atom is -0.348 e. The summed E-state index contributed by atoms with van der Waals surface area (Å²) in [7, 11) is 0. The summed E-state index contributed by atoms with van der Waals surface area (Å²) in [6, 6.07) is 11.8. The molecule has 2 aromatic rings. The molecule has 1 heterocycles. The van der Waals surface area contributed by atoms with Crippen molar-refractivity contribution in [1.82, 2.24) is 10.3 Å². The highest BCUT2D eigenvalue weighted by Crippen LogP contribution is 2.21. The van der Waals surface area contributed by atoms with Gasteiger partial charge in [0.1, 0.15) is 5.69 Å². The fourth-order valence-electron chi connectivity index (χ4n) is 2.61. The van der Waals surface area contributed by atoms with E-state index < -0.39 is 0 Å². The Morgan fingerprint density at radius 1 is 1.25 bits per heavy atom. The average Bonchev–Trinajstić information content (AvgIpc) is 2.47. The topological polar surface area (TPSA) is 42.0 Å². The van der Waals surface area contributed by atoms with Gasteiger partial charge in [0.25, 0.3) is 5.91 Å². The van der Waals surface area contributed by atoms with Crippen molar-refractivity contribution in [3.63, 3.8) is 0 Å². The van der Waals surface area contributed by atoms with Gasteiger partial charge in [0.05, 0.1) is 0 Å². The highest BCUT2D eigenvalue weighted by molar-refractivity contribution is 6.30. The van der Waals surface area contributed by atoms with Crippen molar-refractivity contribution in [2.24, 2.45) is 0 Å². The number of amides is 1. The molecule has 102 valence electrons. The second-order valence-corrected chi connectivity index (χ2v) is 5.48. The van der Waals surface area contributed by atoms with E-state index in [1.165, 1.54) is 11.1 Å². The molecule has 1 amide bonds. The lowest BCUT2D eigenvalue weighted by Crippen LogP contribution is -2.39. The van der Waals surface area contributed by atoms with Gasteiger partial charge in [-0.15, -0.1) is 0 Å². The van der Waals surface area contributed by atoms with Crippen LogP contribution < -0.4 is 5.32 Å². The zero-order valence-corrected chi connectivity index (χ0v) is 11.7. The molecule has 0 fully saturated rings. The standard InChI is InChI=1S/C16H15ClN2O/c17-13-7-8-18-15(10-13)16(20)19-14-6-5-11-3-1-2-4-12(11)9-14/h1-4,7-8,10,14H,5-6,9H2,(H,19,20). The Kier molecular flexibility index (Phi) is 3.70. The van der Waals surface area contributed by atoms with Crippen LogP contribution in [0.3, 0.4) is 0 Å². The second kappa shape index (κ2) is 5.63. The summed E-state index contributed by atoms with van der Waals surface area (Å²) < 4.78 is 0. The zero-order valence-electron chi connectivity index (χ0n) is 11.0. The largest absolute Gasteiger partial charge is 0.348 e. The van der Waals surface area contributed by atoms with Gasteiger partial charge in [-0.1, -0.05) is 35.9 Å². The van der Waals surface area contributed by atoms with Gasteiger partial charge in [0.2, 0.25) is 0 Å². The number of carbonyl (C=O) groups is 1. The molecular weight excluding hydrogens is 272 g/mol. The molecule has 1 aromatic heterocycles. The molecule has 1 aliphatic carbocycles. The van der Waals surface area contributed by atoms with E-state index in [0.717, 1.165) is 19.3 Å². The van der Waals surface area contributed by atoms with Gasteiger partial charge in [-0.05, 0) is 42.5 Å². The van der Waals surface area contributed by atoms with Crippen LogP contribution in [0.1, 0.15) is 28.0 Å². The van der Waals surface area contributed by atoms with Gasteiger partial charge < -0.3 is 5.32 Å². The first kappa shape index (κ1) is 13.1. The van der Waals surface area contributed by atoms with E-state index >= 15 is 0 Å². The van der Waals surface area contributed by atoms with Crippen molar-refractivity contribution in [1.29, 1.82) is 0 Å². The lowest BCUT2D eigenvalue weighted by atomic mass is 9.88. The monoisotopic (exact) mass is 286 g/mol. The van der Waals surface area contributed by atoms with E-state index in [0.29, 0.717) is 10.7 Å². The highest BCUT2D eigenvalue weighted by Gasteiger charge is 2.20. The number of aromatic nitrogens is 1. The zero-order chi connectivity index (χ0) is 13.9. The molecule has 4 heteroatoms. The summed E-state index contributed by atoms with van der Waals surface area (Å²) in [5.74, 6) is -0.156. The molecule has 0 aliphatic heterocycles. The summed E-state index contributed by atoms with van der Waals surface area (Å²) >= 11 is 5.88. The van der Waals surface area contributed by atoms with Crippen LogP contribution in [0.4, 0.5) is 0 Å². The number of fused-ring (bicyclic) bond motifs is 1. The molecule has 1 N–H and O–H groups in total. The summed E-state index contributed by atoms with van der Waals surface area (Å²) in [5.41, 5.74) is 3.08. The van der Waals surface area contributed by atoms with Crippen LogP contribution in [0, 0.1) is 0 Å². The van der Waals surface area contributed by atoms with Gasteiger partial charge in [-0.25, -0.2) is 0 Å².